The summed E-state index contributed by atoms with van der Waals surface area (Å²) in [7, 11) is -3.42. The van der Waals surface area contributed by atoms with Gasteiger partial charge >= 0.3 is 0 Å². The number of nitrogens with zero attached hydrogens (tertiary/aromatic N) is 1. The molecule has 0 amide bonds. The molecule has 0 aromatic carbocycles. The lowest BCUT2D eigenvalue weighted by Crippen LogP contribution is -2.25. The van der Waals surface area contributed by atoms with E-state index in [1.165, 1.54) is 12.4 Å². The van der Waals surface area contributed by atoms with Crippen LogP contribution in [0.25, 0.3) is 0 Å². The highest BCUT2D eigenvalue weighted by Crippen LogP contribution is 2.05. The van der Waals surface area contributed by atoms with Crippen LogP contribution in [0.5, 0.6) is 0 Å². The lowest BCUT2D eigenvalue weighted by Gasteiger charge is -2.03. The number of aromatic amines is 1. The summed E-state index contributed by atoms with van der Waals surface area (Å²) in [6, 6.07) is 0. The Morgan fingerprint density at radius 2 is 2.31 bits per heavy atom. The summed E-state index contributed by atoms with van der Waals surface area (Å²) in [5, 5.41) is 14.6. The summed E-state index contributed by atoms with van der Waals surface area (Å²) in [6.07, 6.45) is 3.33. The van der Waals surface area contributed by atoms with Crippen LogP contribution in [-0.2, 0) is 10.0 Å². The number of sulfonamides is 1. The van der Waals surface area contributed by atoms with Gasteiger partial charge in [0.1, 0.15) is 4.90 Å². The molecule has 0 saturated heterocycles. The maximum absolute atomic E-state index is 11.6. The molecule has 1 heterocycles. The van der Waals surface area contributed by atoms with Crippen LogP contribution in [0.3, 0.4) is 0 Å². The summed E-state index contributed by atoms with van der Waals surface area (Å²) in [5.74, 6) is 1.53. The maximum atomic E-state index is 11.6. The SMILES string of the molecule is O=S(=O)(NCCSCCCO)c1cn[nH]c1. The molecule has 0 radical (unpaired) electrons. The zero-order valence-electron chi connectivity index (χ0n) is 8.72. The molecule has 0 spiro atoms. The minimum Gasteiger partial charge on any atom is -0.396 e. The third kappa shape index (κ3) is 4.52. The predicted molar refractivity (Wildman–Crippen MR) is 62.8 cm³/mol. The van der Waals surface area contributed by atoms with Crippen LogP contribution >= 0.6 is 11.8 Å². The van der Waals surface area contributed by atoms with Crippen LogP contribution in [0.15, 0.2) is 17.3 Å². The molecule has 6 nitrogen and oxygen atoms in total. The Labute approximate surface area is 98.9 Å². The molecular formula is C8H15N3O3S2. The largest absolute Gasteiger partial charge is 0.396 e. The van der Waals surface area contributed by atoms with Gasteiger partial charge in [0.15, 0.2) is 0 Å². The van der Waals surface area contributed by atoms with Gasteiger partial charge in [-0.1, -0.05) is 0 Å². The molecule has 0 saturated carbocycles. The van der Waals surface area contributed by atoms with Crippen molar-refractivity contribution in [3.63, 3.8) is 0 Å². The van der Waals surface area contributed by atoms with Gasteiger partial charge in [0.25, 0.3) is 0 Å². The molecule has 0 aliphatic heterocycles. The fraction of sp³-hybridized carbons (Fsp3) is 0.625. The third-order valence-electron chi connectivity index (χ3n) is 1.77. The average molecular weight is 265 g/mol. The molecule has 1 rings (SSSR count). The van der Waals surface area contributed by atoms with E-state index in [-0.39, 0.29) is 11.5 Å². The monoisotopic (exact) mass is 265 g/mol. The summed E-state index contributed by atoms with van der Waals surface area (Å²) < 4.78 is 25.6. The number of aromatic nitrogens is 2. The second-order valence-corrected chi connectivity index (χ2v) is 6.01. The van der Waals surface area contributed by atoms with Crippen molar-refractivity contribution in [3.8, 4) is 0 Å². The molecule has 3 N–H and O–H groups in total. The number of nitrogens with one attached hydrogen (secondary N) is 2. The van der Waals surface area contributed by atoms with Crippen molar-refractivity contribution in [2.45, 2.75) is 11.3 Å². The number of hydrogen-bond acceptors (Lipinski definition) is 5. The van der Waals surface area contributed by atoms with E-state index < -0.39 is 10.0 Å². The van der Waals surface area contributed by atoms with Gasteiger partial charge in [-0.2, -0.15) is 16.9 Å². The lowest BCUT2D eigenvalue weighted by atomic mass is 10.5. The Kier molecular flexibility index (Phi) is 5.81. The first-order valence-electron chi connectivity index (χ1n) is 4.84. The van der Waals surface area contributed by atoms with Gasteiger partial charge in [0, 0.05) is 25.1 Å². The second kappa shape index (κ2) is 6.89. The summed E-state index contributed by atoms with van der Waals surface area (Å²) in [6.45, 7) is 0.553. The number of hydrogen-bond donors (Lipinski definition) is 3. The van der Waals surface area contributed by atoms with E-state index in [4.69, 9.17) is 5.11 Å². The fourth-order valence-electron chi connectivity index (χ4n) is 0.986. The number of thioether (sulfide) groups is 1. The second-order valence-electron chi connectivity index (χ2n) is 3.02. The highest BCUT2D eigenvalue weighted by Gasteiger charge is 2.13. The maximum Gasteiger partial charge on any atom is 0.243 e. The molecule has 0 aliphatic rings. The molecule has 92 valence electrons. The molecule has 8 heteroatoms. The summed E-state index contributed by atoms with van der Waals surface area (Å²) in [5.41, 5.74) is 0. The van der Waals surface area contributed by atoms with Crippen molar-refractivity contribution < 1.29 is 13.5 Å². The van der Waals surface area contributed by atoms with Gasteiger partial charge in [0.2, 0.25) is 10.0 Å². The molecule has 1 aromatic heterocycles. The van der Waals surface area contributed by atoms with Gasteiger partial charge in [-0.25, -0.2) is 13.1 Å². The summed E-state index contributed by atoms with van der Waals surface area (Å²) in [4.78, 5) is 0.146. The zero-order chi connectivity index (χ0) is 11.9. The van der Waals surface area contributed by atoms with E-state index in [0.717, 1.165) is 12.2 Å². The molecule has 16 heavy (non-hydrogen) atoms. The van der Waals surface area contributed by atoms with Crippen molar-refractivity contribution in [2.75, 3.05) is 24.7 Å². The van der Waals surface area contributed by atoms with Crippen LogP contribution in [0.2, 0.25) is 0 Å². The Balaban J connectivity index is 2.22. The Morgan fingerprint density at radius 3 is 2.94 bits per heavy atom. The third-order valence-corrected chi connectivity index (χ3v) is 4.27. The number of H-pyrrole nitrogens is 1. The molecule has 0 aliphatic carbocycles. The van der Waals surface area contributed by atoms with E-state index in [1.807, 2.05) is 0 Å². The molecule has 0 atom stereocenters. The normalized spacial score (nSPS) is 11.8. The van der Waals surface area contributed by atoms with Gasteiger partial charge in [-0.15, -0.1) is 0 Å². The van der Waals surface area contributed by atoms with Crippen LogP contribution in [0.4, 0.5) is 0 Å². The fourth-order valence-corrected chi connectivity index (χ4v) is 2.84. The standard InChI is InChI=1S/C8H15N3O3S2/c12-3-1-4-15-5-2-11-16(13,14)8-6-9-10-7-8/h6-7,11-12H,1-5H2,(H,9,10). The number of aliphatic hydroxyl groups is 1. The van der Waals surface area contributed by atoms with E-state index >= 15 is 0 Å². The molecule has 1 aromatic rings. The summed E-state index contributed by atoms with van der Waals surface area (Å²) >= 11 is 1.61. The topological polar surface area (TPSA) is 95.1 Å². The van der Waals surface area contributed by atoms with Crippen molar-refractivity contribution in [1.29, 1.82) is 0 Å². The van der Waals surface area contributed by atoms with Crippen LogP contribution < -0.4 is 4.72 Å². The minimum atomic E-state index is -3.42. The van der Waals surface area contributed by atoms with Gasteiger partial charge < -0.3 is 5.11 Å². The smallest absolute Gasteiger partial charge is 0.243 e. The average Bonchev–Trinajstić information content (AvgIpc) is 2.77. The van der Waals surface area contributed by atoms with E-state index in [2.05, 4.69) is 14.9 Å². The minimum absolute atomic E-state index is 0.146. The molecule has 0 fully saturated rings. The Hall–Kier alpha value is -0.570. The van der Waals surface area contributed by atoms with E-state index in [0.29, 0.717) is 12.3 Å². The first kappa shape index (κ1) is 13.5. The predicted octanol–water partition coefficient (Wildman–Crippen LogP) is -0.196. The Bertz CT molecular complexity index is 377. The highest BCUT2D eigenvalue weighted by molar-refractivity contribution is 7.99. The van der Waals surface area contributed by atoms with Crippen LogP contribution in [-0.4, -0.2) is 48.4 Å². The van der Waals surface area contributed by atoms with E-state index in [1.54, 1.807) is 11.8 Å². The van der Waals surface area contributed by atoms with Crippen LogP contribution in [0.1, 0.15) is 6.42 Å². The van der Waals surface area contributed by atoms with Crippen molar-refractivity contribution in [2.24, 2.45) is 0 Å². The first-order chi connectivity index (χ1) is 7.67. The lowest BCUT2D eigenvalue weighted by molar-refractivity contribution is 0.296. The van der Waals surface area contributed by atoms with Crippen molar-refractivity contribution >= 4 is 21.8 Å². The van der Waals surface area contributed by atoms with Crippen LogP contribution in [0, 0.1) is 0 Å². The Morgan fingerprint density at radius 1 is 1.50 bits per heavy atom. The zero-order valence-corrected chi connectivity index (χ0v) is 10.4. The molecule has 0 unspecified atom stereocenters. The van der Waals surface area contributed by atoms with E-state index in [9.17, 15) is 8.42 Å². The first-order valence-corrected chi connectivity index (χ1v) is 7.47. The van der Waals surface area contributed by atoms with Gasteiger partial charge in [0.05, 0.1) is 6.20 Å². The quantitative estimate of drug-likeness (QED) is 0.566. The highest BCUT2D eigenvalue weighted by atomic mass is 32.2. The number of aliphatic hydroxyl groups excluding tert-OH is 1. The van der Waals surface area contributed by atoms with Gasteiger partial charge in [-0.05, 0) is 12.2 Å². The van der Waals surface area contributed by atoms with Crippen molar-refractivity contribution in [1.82, 2.24) is 14.9 Å². The van der Waals surface area contributed by atoms with Crippen molar-refractivity contribution in [3.05, 3.63) is 12.4 Å². The number of rotatable bonds is 8. The molecular weight excluding hydrogens is 250 g/mol. The van der Waals surface area contributed by atoms with Gasteiger partial charge in [-0.3, -0.25) is 5.10 Å². The molecule has 0 bridgehead atoms.